The van der Waals surface area contributed by atoms with Crippen molar-refractivity contribution in [1.82, 2.24) is 4.98 Å². The molecule has 1 aromatic carbocycles. The van der Waals surface area contributed by atoms with E-state index in [2.05, 4.69) is 4.98 Å². The maximum Gasteiger partial charge on any atom is 0.259 e. The number of aryl methyl sites for hydroxylation is 2. The number of hydrogen-bond acceptors (Lipinski definition) is 5. The number of hydrogen-bond donors (Lipinski definition) is 1. The number of para-hydroxylation sites is 1. The van der Waals surface area contributed by atoms with Crippen LogP contribution in [0.2, 0.25) is 0 Å². The highest BCUT2D eigenvalue weighted by molar-refractivity contribution is 7.14. The zero-order valence-corrected chi connectivity index (χ0v) is 14.3. The summed E-state index contributed by atoms with van der Waals surface area (Å²) >= 11 is 1.25. The molecule has 0 fully saturated rings. The summed E-state index contributed by atoms with van der Waals surface area (Å²) < 4.78 is 0. The van der Waals surface area contributed by atoms with Gasteiger partial charge in [-0.2, -0.15) is 5.26 Å². The third kappa shape index (κ3) is 3.50. The third-order valence-corrected chi connectivity index (χ3v) is 4.20. The van der Waals surface area contributed by atoms with Crippen molar-refractivity contribution in [2.45, 2.75) is 20.8 Å². The maximum atomic E-state index is 12.2. The van der Waals surface area contributed by atoms with Crippen molar-refractivity contribution in [2.75, 3.05) is 4.90 Å². The van der Waals surface area contributed by atoms with E-state index in [4.69, 9.17) is 11.0 Å². The first-order chi connectivity index (χ1) is 11.3. The molecule has 2 aromatic rings. The minimum Gasteiger partial charge on any atom is -0.365 e. The van der Waals surface area contributed by atoms with Gasteiger partial charge in [0, 0.05) is 12.3 Å². The summed E-state index contributed by atoms with van der Waals surface area (Å²) in [5, 5.41) is 11.0. The molecule has 0 aliphatic rings. The van der Waals surface area contributed by atoms with Crippen molar-refractivity contribution in [3.63, 3.8) is 0 Å². The minimum atomic E-state index is -0.815. The van der Waals surface area contributed by atoms with Crippen molar-refractivity contribution >= 4 is 40.0 Å². The van der Waals surface area contributed by atoms with Gasteiger partial charge in [-0.3, -0.25) is 14.5 Å². The van der Waals surface area contributed by atoms with E-state index in [0.717, 1.165) is 16.8 Å². The summed E-state index contributed by atoms with van der Waals surface area (Å²) in [7, 11) is 0. The number of rotatable bonds is 4. The Kier molecular flexibility index (Phi) is 5.11. The lowest BCUT2D eigenvalue weighted by Crippen LogP contribution is -2.24. The number of carbonyl (C=O) groups excluding carboxylic acids is 2. The summed E-state index contributed by atoms with van der Waals surface area (Å²) in [6.45, 7) is 5.31. The standard InChI is InChI=1S/C17H16N4O2S/c1-10-5-4-6-11(2)15(10)21(12(3)22)17-20-14(9-24-17)7-13(8-18)16(19)23/h4-7,9H,1-3H3,(H2,19,23)/b13-7+. The number of primary amides is 1. The zero-order valence-electron chi connectivity index (χ0n) is 13.5. The highest BCUT2D eigenvalue weighted by Crippen LogP contribution is 2.34. The Morgan fingerprint density at radius 1 is 1.33 bits per heavy atom. The fraction of sp³-hybridized carbons (Fsp3) is 0.176. The molecule has 1 heterocycles. The van der Waals surface area contributed by atoms with Crippen LogP contribution in [0.5, 0.6) is 0 Å². The van der Waals surface area contributed by atoms with Crippen molar-refractivity contribution in [1.29, 1.82) is 5.26 Å². The largest absolute Gasteiger partial charge is 0.365 e. The SMILES string of the molecule is CC(=O)N(c1nc(/C=C(\C#N)C(N)=O)cs1)c1c(C)cccc1C. The van der Waals surface area contributed by atoms with E-state index < -0.39 is 5.91 Å². The van der Waals surface area contributed by atoms with Crippen LogP contribution in [0.1, 0.15) is 23.7 Å². The van der Waals surface area contributed by atoms with Gasteiger partial charge in [-0.1, -0.05) is 18.2 Å². The molecular formula is C17H16N4O2S. The quantitative estimate of drug-likeness (QED) is 0.683. The van der Waals surface area contributed by atoms with Gasteiger partial charge in [-0.05, 0) is 31.1 Å². The van der Waals surface area contributed by atoms with Crippen LogP contribution in [0.15, 0.2) is 29.2 Å². The summed E-state index contributed by atoms with van der Waals surface area (Å²) in [4.78, 5) is 29.2. The maximum absolute atomic E-state index is 12.2. The predicted molar refractivity (Wildman–Crippen MR) is 93.6 cm³/mol. The van der Waals surface area contributed by atoms with Crippen molar-refractivity contribution in [2.24, 2.45) is 5.73 Å². The molecule has 0 saturated heterocycles. The monoisotopic (exact) mass is 340 g/mol. The number of nitrogens with two attached hydrogens (primary N) is 1. The first-order valence-corrected chi connectivity index (χ1v) is 7.97. The third-order valence-electron chi connectivity index (χ3n) is 3.36. The number of carbonyl (C=O) groups is 2. The molecule has 24 heavy (non-hydrogen) atoms. The van der Waals surface area contributed by atoms with E-state index in [9.17, 15) is 9.59 Å². The van der Waals surface area contributed by atoms with Gasteiger partial charge in [0.25, 0.3) is 5.91 Å². The molecule has 0 aliphatic carbocycles. The van der Waals surface area contributed by atoms with Gasteiger partial charge >= 0.3 is 0 Å². The Hall–Kier alpha value is -2.98. The average molecular weight is 340 g/mol. The van der Waals surface area contributed by atoms with Gasteiger partial charge in [0.2, 0.25) is 5.91 Å². The molecule has 122 valence electrons. The van der Waals surface area contributed by atoms with Crippen molar-refractivity contribution < 1.29 is 9.59 Å². The predicted octanol–water partition coefficient (Wildman–Crippen LogP) is 2.84. The van der Waals surface area contributed by atoms with Crippen LogP contribution in [0.3, 0.4) is 0 Å². The lowest BCUT2D eigenvalue weighted by atomic mass is 10.1. The summed E-state index contributed by atoms with van der Waals surface area (Å²) in [6, 6.07) is 7.51. The van der Waals surface area contributed by atoms with E-state index in [-0.39, 0.29) is 11.5 Å². The van der Waals surface area contributed by atoms with Crippen LogP contribution in [0.4, 0.5) is 10.8 Å². The number of aromatic nitrogens is 1. The zero-order chi connectivity index (χ0) is 17.9. The van der Waals surface area contributed by atoms with Crippen molar-refractivity contribution in [3.05, 3.63) is 46.0 Å². The number of nitrogens with zero attached hydrogens (tertiary/aromatic N) is 3. The molecule has 7 heteroatoms. The number of amides is 2. The van der Waals surface area contributed by atoms with E-state index >= 15 is 0 Å². The summed E-state index contributed by atoms with van der Waals surface area (Å²) in [5.41, 5.74) is 8.03. The Bertz CT molecular complexity index is 857. The molecule has 0 spiro atoms. The normalized spacial score (nSPS) is 11.0. The fourth-order valence-corrected chi connectivity index (χ4v) is 3.13. The second-order valence-corrected chi connectivity index (χ2v) is 6.02. The molecule has 1 aromatic heterocycles. The number of nitriles is 1. The molecule has 0 unspecified atom stereocenters. The van der Waals surface area contributed by atoms with Crippen LogP contribution in [0.25, 0.3) is 6.08 Å². The van der Waals surface area contributed by atoms with Crippen LogP contribution < -0.4 is 10.6 Å². The van der Waals surface area contributed by atoms with Gasteiger partial charge in [-0.25, -0.2) is 4.98 Å². The Labute approximate surface area is 143 Å². The Morgan fingerprint density at radius 2 is 1.96 bits per heavy atom. The number of thiazole rings is 1. The molecule has 6 nitrogen and oxygen atoms in total. The fourth-order valence-electron chi connectivity index (χ4n) is 2.30. The van der Waals surface area contributed by atoms with Gasteiger partial charge < -0.3 is 5.73 Å². The number of anilines is 2. The smallest absolute Gasteiger partial charge is 0.259 e. The van der Waals surface area contributed by atoms with E-state index in [0.29, 0.717) is 10.8 Å². The molecule has 0 atom stereocenters. The summed E-state index contributed by atoms with van der Waals surface area (Å²) in [6.07, 6.45) is 1.31. The van der Waals surface area contributed by atoms with Gasteiger partial charge in [0.1, 0.15) is 11.6 Å². The average Bonchev–Trinajstić information content (AvgIpc) is 2.96. The molecule has 2 amide bonds. The Morgan fingerprint density at radius 3 is 2.46 bits per heavy atom. The van der Waals surface area contributed by atoms with E-state index in [1.807, 2.05) is 32.0 Å². The highest BCUT2D eigenvalue weighted by Gasteiger charge is 2.21. The van der Waals surface area contributed by atoms with E-state index in [1.165, 1.54) is 29.2 Å². The molecule has 0 aliphatic heterocycles. The minimum absolute atomic E-state index is 0.173. The lowest BCUT2D eigenvalue weighted by molar-refractivity contribution is -0.116. The Balaban J connectivity index is 2.51. The number of benzene rings is 1. The molecule has 2 N–H and O–H groups in total. The first kappa shape index (κ1) is 17.4. The molecule has 0 saturated carbocycles. The van der Waals surface area contributed by atoms with E-state index in [1.54, 1.807) is 11.4 Å². The van der Waals surface area contributed by atoms with Gasteiger partial charge in [0.15, 0.2) is 5.13 Å². The van der Waals surface area contributed by atoms with Gasteiger partial charge in [0.05, 0.1) is 11.4 Å². The highest BCUT2D eigenvalue weighted by atomic mass is 32.1. The van der Waals surface area contributed by atoms with Crippen LogP contribution >= 0.6 is 11.3 Å². The molecule has 0 radical (unpaired) electrons. The van der Waals surface area contributed by atoms with Gasteiger partial charge in [-0.15, -0.1) is 11.3 Å². The molecule has 0 bridgehead atoms. The van der Waals surface area contributed by atoms with Crippen LogP contribution in [0, 0.1) is 25.2 Å². The van der Waals surface area contributed by atoms with Crippen LogP contribution in [-0.4, -0.2) is 16.8 Å². The van der Waals surface area contributed by atoms with Crippen LogP contribution in [-0.2, 0) is 9.59 Å². The molecule has 2 rings (SSSR count). The second-order valence-electron chi connectivity index (χ2n) is 5.18. The van der Waals surface area contributed by atoms with Crippen molar-refractivity contribution in [3.8, 4) is 6.07 Å². The first-order valence-electron chi connectivity index (χ1n) is 7.09. The lowest BCUT2D eigenvalue weighted by Gasteiger charge is -2.22. The molecular weight excluding hydrogens is 324 g/mol. The second kappa shape index (κ2) is 7.06. The topological polar surface area (TPSA) is 100 Å². The summed E-state index contributed by atoms with van der Waals surface area (Å²) in [5.74, 6) is -0.988.